The molecule has 0 saturated carbocycles. The summed E-state index contributed by atoms with van der Waals surface area (Å²) in [6.45, 7) is 0. The highest BCUT2D eigenvalue weighted by Crippen LogP contribution is 2.15. The number of halogens is 2. The van der Waals surface area contributed by atoms with E-state index in [9.17, 15) is 8.78 Å². The van der Waals surface area contributed by atoms with Crippen molar-refractivity contribution in [3.63, 3.8) is 0 Å². The Bertz CT molecular complexity index is 625. The van der Waals surface area contributed by atoms with Crippen LogP contribution in [-0.4, -0.2) is 11.4 Å². The second-order valence-corrected chi connectivity index (χ2v) is 5.71. The molecule has 104 valence electrons. The average molecular weight is 311 g/mol. The first kappa shape index (κ1) is 14.7. The third kappa shape index (κ3) is 4.43. The van der Waals surface area contributed by atoms with Gasteiger partial charge >= 0.3 is 0 Å². The molecular weight excluding hydrogens is 300 g/mol. The third-order valence-corrected chi connectivity index (χ3v) is 3.92. The number of hydrogen-bond donors (Lipinski definition) is 1. The summed E-state index contributed by atoms with van der Waals surface area (Å²) in [5.74, 6) is -1.32. The number of amidine groups is 1. The summed E-state index contributed by atoms with van der Waals surface area (Å²) in [5, 5.41) is 9.87. The van der Waals surface area contributed by atoms with Crippen LogP contribution >= 0.6 is 23.1 Å². The molecule has 1 aromatic carbocycles. The van der Waals surface area contributed by atoms with Gasteiger partial charge in [-0.15, -0.1) is 16.4 Å². The van der Waals surface area contributed by atoms with Crippen LogP contribution in [0, 0.1) is 11.6 Å². The highest BCUT2D eigenvalue weighted by atomic mass is 32.2. The first-order valence-electron chi connectivity index (χ1n) is 5.62. The molecule has 3 nitrogen and oxygen atoms in total. The lowest BCUT2D eigenvalue weighted by Crippen LogP contribution is -2.06. The Morgan fingerprint density at radius 2 is 2.15 bits per heavy atom. The molecule has 0 aliphatic carbocycles. The number of benzene rings is 1. The molecule has 1 aromatic heterocycles. The quantitative estimate of drug-likeness (QED) is 0.533. The van der Waals surface area contributed by atoms with Gasteiger partial charge in [-0.3, -0.25) is 0 Å². The van der Waals surface area contributed by atoms with Gasteiger partial charge in [0.15, 0.2) is 16.8 Å². The number of thioether (sulfide) groups is 1. The Morgan fingerprint density at radius 1 is 1.30 bits per heavy atom. The van der Waals surface area contributed by atoms with Crippen molar-refractivity contribution >= 4 is 34.5 Å². The van der Waals surface area contributed by atoms with E-state index in [-0.39, 0.29) is 5.17 Å². The lowest BCUT2D eigenvalue weighted by Gasteiger charge is -2.01. The van der Waals surface area contributed by atoms with E-state index >= 15 is 0 Å². The predicted octanol–water partition coefficient (Wildman–Crippen LogP) is 3.61. The number of rotatable bonds is 4. The molecule has 0 atom stereocenters. The van der Waals surface area contributed by atoms with Crippen LogP contribution in [-0.2, 0) is 5.75 Å². The second kappa shape index (κ2) is 7.16. The molecule has 0 bridgehead atoms. The molecule has 0 saturated heterocycles. The van der Waals surface area contributed by atoms with Crippen molar-refractivity contribution in [3.8, 4) is 0 Å². The average Bonchev–Trinajstić information content (AvgIpc) is 2.93. The molecule has 20 heavy (non-hydrogen) atoms. The Kier molecular flexibility index (Phi) is 5.25. The molecule has 0 spiro atoms. The maximum Gasteiger partial charge on any atom is 0.180 e. The summed E-state index contributed by atoms with van der Waals surface area (Å²) in [5.41, 5.74) is 6.30. The van der Waals surface area contributed by atoms with Crippen LogP contribution in [0.25, 0.3) is 0 Å². The summed E-state index contributed by atoms with van der Waals surface area (Å²) in [4.78, 5) is 0.979. The molecular formula is C13H11F2N3S2. The van der Waals surface area contributed by atoms with Crippen molar-refractivity contribution in [1.29, 1.82) is 0 Å². The molecule has 7 heteroatoms. The van der Waals surface area contributed by atoms with Gasteiger partial charge in [0.1, 0.15) is 0 Å². The Morgan fingerprint density at radius 3 is 2.85 bits per heavy atom. The molecule has 1 heterocycles. The van der Waals surface area contributed by atoms with Crippen molar-refractivity contribution in [2.75, 3.05) is 0 Å². The summed E-state index contributed by atoms with van der Waals surface area (Å²) in [6.07, 6.45) is 1.61. The molecule has 0 amide bonds. The largest absolute Gasteiger partial charge is 0.377 e. The molecule has 2 rings (SSSR count). The van der Waals surface area contributed by atoms with Crippen LogP contribution < -0.4 is 5.73 Å². The number of nitrogens with zero attached hydrogens (tertiary/aromatic N) is 2. The minimum Gasteiger partial charge on any atom is -0.377 e. The van der Waals surface area contributed by atoms with Crippen molar-refractivity contribution in [3.05, 3.63) is 57.8 Å². The topological polar surface area (TPSA) is 50.7 Å². The zero-order valence-corrected chi connectivity index (χ0v) is 11.9. The highest BCUT2D eigenvalue weighted by molar-refractivity contribution is 8.13. The van der Waals surface area contributed by atoms with Crippen LogP contribution in [0.3, 0.4) is 0 Å². The van der Waals surface area contributed by atoms with Crippen LogP contribution in [0.5, 0.6) is 0 Å². The van der Waals surface area contributed by atoms with E-state index in [0.717, 1.165) is 17.0 Å². The predicted molar refractivity (Wildman–Crippen MR) is 81.2 cm³/mol. The fraction of sp³-hybridized carbons (Fsp3) is 0.0769. The van der Waals surface area contributed by atoms with E-state index in [2.05, 4.69) is 10.2 Å². The first-order valence-corrected chi connectivity index (χ1v) is 7.48. The Balaban J connectivity index is 1.88. The van der Waals surface area contributed by atoms with Gasteiger partial charge < -0.3 is 5.73 Å². The molecule has 0 aliphatic rings. The molecule has 0 aliphatic heterocycles. The standard InChI is InChI=1S/C13H11F2N3S2/c14-11-4-3-9(6-12(11)15)8-20-13(16)18-17-7-10-2-1-5-19-10/h1-7H,8H2,(H2,16,18)/b17-7+. The van der Waals surface area contributed by atoms with E-state index in [0.29, 0.717) is 11.3 Å². The van der Waals surface area contributed by atoms with E-state index in [1.54, 1.807) is 17.6 Å². The summed E-state index contributed by atoms with van der Waals surface area (Å²) < 4.78 is 25.7. The van der Waals surface area contributed by atoms with E-state index in [4.69, 9.17) is 5.73 Å². The van der Waals surface area contributed by atoms with Gasteiger partial charge in [-0.1, -0.05) is 23.9 Å². The lowest BCUT2D eigenvalue weighted by molar-refractivity contribution is 0.507. The second-order valence-electron chi connectivity index (χ2n) is 3.74. The van der Waals surface area contributed by atoms with Crippen molar-refractivity contribution < 1.29 is 8.78 Å². The normalized spacial score (nSPS) is 12.2. The fourth-order valence-corrected chi connectivity index (χ4v) is 2.50. The highest BCUT2D eigenvalue weighted by Gasteiger charge is 2.03. The van der Waals surface area contributed by atoms with Gasteiger partial charge in [0.2, 0.25) is 0 Å². The van der Waals surface area contributed by atoms with Crippen LogP contribution in [0.4, 0.5) is 8.78 Å². The maximum absolute atomic E-state index is 13.0. The van der Waals surface area contributed by atoms with Gasteiger partial charge in [0.25, 0.3) is 0 Å². The fourth-order valence-electron chi connectivity index (χ4n) is 1.32. The van der Waals surface area contributed by atoms with E-state index < -0.39 is 11.6 Å². The number of nitrogens with two attached hydrogens (primary N) is 1. The monoisotopic (exact) mass is 311 g/mol. The third-order valence-electron chi connectivity index (χ3n) is 2.26. The van der Waals surface area contributed by atoms with E-state index in [1.807, 2.05) is 17.5 Å². The maximum atomic E-state index is 13.0. The molecule has 2 N–H and O–H groups in total. The van der Waals surface area contributed by atoms with E-state index in [1.165, 1.54) is 17.8 Å². The van der Waals surface area contributed by atoms with Crippen molar-refractivity contribution in [1.82, 2.24) is 0 Å². The first-order chi connectivity index (χ1) is 9.65. The SMILES string of the molecule is NC(=N/N=C/c1cccs1)SCc1ccc(F)c(F)c1. The Labute approximate surface area is 123 Å². The zero-order valence-electron chi connectivity index (χ0n) is 10.3. The zero-order chi connectivity index (χ0) is 14.4. The number of thiophene rings is 1. The van der Waals surface area contributed by atoms with Crippen LogP contribution in [0.1, 0.15) is 10.4 Å². The van der Waals surface area contributed by atoms with Crippen LogP contribution in [0.15, 0.2) is 45.9 Å². The minimum absolute atomic E-state index is 0.266. The van der Waals surface area contributed by atoms with Gasteiger partial charge in [0, 0.05) is 10.6 Å². The molecule has 0 radical (unpaired) electrons. The van der Waals surface area contributed by atoms with Crippen LogP contribution in [0.2, 0.25) is 0 Å². The van der Waals surface area contributed by atoms with Gasteiger partial charge in [-0.2, -0.15) is 5.10 Å². The summed E-state index contributed by atoms with van der Waals surface area (Å²) >= 11 is 2.75. The van der Waals surface area contributed by atoms with Gasteiger partial charge in [-0.05, 0) is 29.1 Å². The molecule has 0 unspecified atom stereocenters. The molecule has 0 fully saturated rings. The lowest BCUT2D eigenvalue weighted by atomic mass is 10.2. The van der Waals surface area contributed by atoms with Crippen molar-refractivity contribution in [2.24, 2.45) is 15.9 Å². The van der Waals surface area contributed by atoms with Gasteiger partial charge in [-0.25, -0.2) is 8.78 Å². The smallest absolute Gasteiger partial charge is 0.180 e. The van der Waals surface area contributed by atoms with Gasteiger partial charge in [0.05, 0.1) is 6.21 Å². The molecule has 2 aromatic rings. The minimum atomic E-state index is -0.866. The summed E-state index contributed by atoms with van der Waals surface area (Å²) in [7, 11) is 0. The number of hydrogen-bond acceptors (Lipinski definition) is 4. The Hall–Kier alpha value is -1.73. The summed E-state index contributed by atoms with van der Waals surface area (Å²) in [6, 6.07) is 7.57. The van der Waals surface area contributed by atoms with Crippen molar-refractivity contribution in [2.45, 2.75) is 5.75 Å².